The van der Waals surface area contributed by atoms with Crippen LogP contribution in [0.5, 0.6) is 0 Å². The molecule has 0 saturated heterocycles. The van der Waals surface area contributed by atoms with E-state index in [4.69, 9.17) is 5.11 Å². The highest BCUT2D eigenvalue weighted by molar-refractivity contribution is 9.10. The van der Waals surface area contributed by atoms with Crippen molar-refractivity contribution >= 4 is 33.7 Å². The fourth-order valence-electron chi connectivity index (χ4n) is 1.91. The number of nitrogens with one attached hydrogen (secondary N) is 1. The highest BCUT2D eigenvalue weighted by atomic mass is 79.9. The number of halogens is 1. The van der Waals surface area contributed by atoms with Crippen molar-refractivity contribution in [3.63, 3.8) is 0 Å². The Morgan fingerprint density at radius 1 is 1.50 bits per heavy atom. The van der Waals surface area contributed by atoms with Gasteiger partial charge >= 0.3 is 6.09 Å². The number of hydrogen-bond acceptors (Lipinski definition) is 3. The lowest BCUT2D eigenvalue weighted by atomic mass is 10.0. The van der Waals surface area contributed by atoms with Crippen LogP contribution in [-0.2, 0) is 4.79 Å². The quantitative estimate of drug-likeness (QED) is 0.828. The molecule has 6 nitrogen and oxygen atoms in total. The number of nitrogens with zero attached hydrogens (tertiary/aromatic N) is 2. The molecule has 106 valence electrons. The van der Waals surface area contributed by atoms with Gasteiger partial charge in [-0.05, 0) is 34.5 Å². The van der Waals surface area contributed by atoms with E-state index < -0.39 is 6.09 Å². The Hall–Kier alpha value is -1.89. The maximum absolute atomic E-state index is 11.9. The first-order valence-electron chi connectivity index (χ1n) is 6.12. The van der Waals surface area contributed by atoms with Crippen LogP contribution in [0.3, 0.4) is 0 Å². The van der Waals surface area contributed by atoms with Crippen molar-refractivity contribution in [1.82, 2.24) is 9.88 Å². The van der Waals surface area contributed by atoms with Gasteiger partial charge in [-0.3, -0.25) is 4.79 Å². The molecule has 1 aliphatic rings. The SMILES string of the molecule is O=C(CC1=CCN(C(=O)O)CC1)Nc1ncccc1Br. The second-order valence-corrected chi connectivity index (χ2v) is 5.25. The summed E-state index contributed by atoms with van der Waals surface area (Å²) in [6.07, 6.45) is 3.32. The van der Waals surface area contributed by atoms with Crippen molar-refractivity contribution in [3.05, 3.63) is 34.5 Å². The largest absolute Gasteiger partial charge is 0.465 e. The summed E-state index contributed by atoms with van der Waals surface area (Å²) >= 11 is 3.31. The molecule has 0 aromatic carbocycles. The highest BCUT2D eigenvalue weighted by Gasteiger charge is 2.17. The molecule has 0 bridgehead atoms. The van der Waals surface area contributed by atoms with E-state index in [-0.39, 0.29) is 12.3 Å². The summed E-state index contributed by atoms with van der Waals surface area (Å²) in [6, 6.07) is 3.57. The number of carboxylic acid groups (broad SMARTS) is 1. The minimum absolute atomic E-state index is 0.153. The van der Waals surface area contributed by atoms with Crippen LogP contribution < -0.4 is 5.32 Å². The van der Waals surface area contributed by atoms with Gasteiger partial charge in [0.1, 0.15) is 5.82 Å². The Bertz CT molecular complexity index is 560. The van der Waals surface area contributed by atoms with Crippen LogP contribution in [0, 0.1) is 0 Å². The van der Waals surface area contributed by atoms with E-state index >= 15 is 0 Å². The molecule has 0 radical (unpaired) electrons. The van der Waals surface area contributed by atoms with Crippen molar-refractivity contribution < 1.29 is 14.7 Å². The number of rotatable bonds is 3. The van der Waals surface area contributed by atoms with Gasteiger partial charge in [-0.1, -0.05) is 11.6 Å². The molecule has 2 N–H and O–H groups in total. The number of amides is 2. The molecule has 0 unspecified atom stereocenters. The smallest absolute Gasteiger partial charge is 0.407 e. The van der Waals surface area contributed by atoms with E-state index in [1.807, 2.05) is 0 Å². The lowest BCUT2D eigenvalue weighted by Crippen LogP contribution is -2.33. The van der Waals surface area contributed by atoms with E-state index in [0.29, 0.717) is 25.3 Å². The molecule has 0 aliphatic carbocycles. The molecule has 7 heteroatoms. The van der Waals surface area contributed by atoms with Crippen molar-refractivity contribution in [2.45, 2.75) is 12.8 Å². The monoisotopic (exact) mass is 339 g/mol. The molecule has 1 aromatic rings. The van der Waals surface area contributed by atoms with Crippen LogP contribution in [0.15, 0.2) is 34.5 Å². The van der Waals surface area contributed by atoms with Crippen LogP contribution in [0.1, 0.15) is 12.8 Å². The fraction of sp³-hybridized carbons (Fsp3) is 0.308. The van der Waals surface area contributed by atoms with E-state index in [9.17, 15) is 9.59 Å². The second-order valence-electron chi connectivity index (χ2n) is 4.40. The van der Waals surface area contributed by atoms with Crippen molar-refractivity contribution in [1.29, 1.82) is 0 Å². The average Bonchev–Trinajstić information content (AvgIpc) is 2.42. The second kappa shape index (κ2) is 6.51. The van der Waals surface area contributed by atoms with Crippen LogP contribution in [0.4, 0.5) is 10.6 Å². The fourth-order valence-corrected chi connectivity index (χ4v) is 2.26. The van der Waals surface area contributed by atoms with E-state index in [1.165, 1.54) is 4.90 Å². The van der Waals surface area contributed by atoms with Crippen molar-refractivity contribution in [3.8, 4) is 0 Å². The maximum atomic E-state index is 11.9. The van der Waals surface area contributed by atoms with Gasteiger partial charge in [-0.2, -0.15) is 0 Å². The first-order chi connectivity index (χ1) is 9.56. The molecular weight excluding hydrogens is 326 g/mol. The Balaban J connectivity index is 1.90. The molecular formula is C13H14BrN3O3. The number of pyridine rings is 1. The zero-order chi connectivity index (χ0) is 14.5. The van der Waals surface area contributed by atoms with Crippen LogP contribution in [0.2, 0.25) is 0 Å². The summed E-state index contributed by atoms with van der Waals surface area (Å²) in [5, 5.41) is 11.6. The van der Waals surface area contributed by atoms with Gasteiger partial charge in [-0.25, -0.2) is 9.78 Å². The molecule has 2 amide bonds. The van der Waals surface area contributed by atoms with Crippen LogP contribution in [0.25, 0.3) is 0 Å². The number of hydrogen-bond donors (Lipinski definition) is 2. The lowest BCUT2D eigenvalue weighted by Gasteiger charge is -2.23. The molecule has 1 aromatic heterocycles. The molecule has 0 fully saturated rings. The Labute approximate surface area is 124 Å². The molecule has 0 saturated carbocycles. The summed E-state index contributed by atoms with van der Waals surface area (Å²) in [6.45, 7) is 0.771. The number of carbonyl (C=O) groups is 2. The van der Waals surface area contributed by atoms with Gasteiger partial charge in [0.2, 0.25) is 5.91 Å². The first kappa shape index (κ1) is 14.5. The zero-order valence-electron chi connectivity index (χ0n) is 10.7. The number of aromatic nitrogens is 1. The number of carbonyl (C=O) groups excluding carboxylic acids is 1. The zero-order valence-corrected chi connectivity index (χ0v) is 12.3. The average molecular weight is 340 g/mol. The Kier molecular flexibility index (Phi) is 4.73. The predicted octanol–water partition coefficient (Wildman–Crippen LogP) is 2.48. The third-order valence-corrected chi connectivity index (χ3v) is 3.62. The van der Waals surface area contributed by atoms with Gasteiger partial charge in [0, 0.05) is 25.7 Å². The number of anilines is 1. The maximum Gasteiger partial charge on any atom is 0.407 e. The summed E-state index contributed by atoms with van der Waals surface area (Å²) in [7, 11) is 0. The molecule has 0 atom stereocenters. The summed E-state index contributed by atoms with van der Waals surface area (Å²) in [5.41, 5.74) is 0.951. The van der Waals surface area contributed by atoms with Crippen molar-refractivity contribution in [2.24, 2.45) is 0 Å². The molecule has 0 spiro atoms. The van der Waals surface area contributed by atoms with E-state index in [0.717, 1.165) is 10.0 Å². The van der Waals surface area contributed by atoms with Gasteiger partial charge in [0.25, 0.3) is 0 Å². The van der Waals surface area contributed by atoms with Crippen LogP contribution in [-0.4, -0.2) is 40.1 Å². The standard InChI is InChI=1S/C13H14BrN3O3/c14-10-2-1-5-15-12(10)16-11(18)8-9-3-6-17(7-4-9)13(19)20/h1-3,5H,4,6-8H2,(H,19,20)(H,15,16,18). The molecule has 2 heterocycles. The van der Waals surface area contributed by atoms with Gasteiger partial charge in [0.05, 0.1) is 4.47 Å². The van der Waals surface area contributed by atoms with Crippen LogP contribution >= 0.6 is 15.9 Å². The first-order valence-corrected chi connectivity index (χ1v) is 6.91. The minimum Gasteiger partial charge on any atom is -0.465 e. The van der Waals surface area contributed by atoms with Gasteiger partial charge in [0.15, 0.2) is 0 Å². The Morgan fingerprint density at radius 2 is 2.30 bits per heavy atom. The van der Waals surface area contributed by atoms with E-state index in [1.54, 1.807) is 24.4 Å². The van der Waals surface area contributed by atoms with Gasteiger partial charge in [-0.15, -0.1) is 0 Å². The molecule has 1 aliphatic heterocycles. The minimum atomic E-state index is -0.929. The lowest BCUT2D eigenvalue weighted by molar-refractivity contribution is -0.115. The van der Waals surface area contributed by atoms with Gasteiger partial charge < -0.3 is 15.3 Å². The molecule has 20 heavy (non-hydrogen) atoms. The Morgan fingerprint density at radius 3 is 2.90 bits per heavy atom. The predicted molar refractivity (Wildman–Crippen MR) is 77.5 cm³/mol. The highest BCUT2D eigenvalue weighted by Crippen LogP contribution is 2.20. The summed E-state index contributed by atoms with van der Waals surface area (Å²) in [5.74, 6) is 0.334. The van der Waals surface area contributed by atoms with Crippen molar-refractivity contribution in [2.75, 3.05) is 18.4 Å². The summed E-state index contributed by atoms with van der Waals surface area (Å²) < 4.78 is 0.725. The third kappa shape index (κ3) is 3.80. The van der Waals surface area contributed by atoms with E-state index in [2.05, 4.69) is 26.2 Å². The third-order valence-electron chi connectivity index (χ3n) is 2.98. The normalized spacial score (nSPS) is 14.7. The topological polar surface area (TPSA) is 82.5 Å². The summed E-state index contributed by atoms with van der Waals surface area (Å²) in [4.78, 5) is 28.0. The molecule has 2 rings (SSSR count).